The van der Waals surface area contributed by atoms with Gasteiger partial charge in [-0.15, -0.1) is 0 Å². The van der Waals surface area contributed by atoms with Crippen molar-refractivity contribution in [1.82, 2.24) is 0 Å². The minimum Gasteiger partial charge on any atom is -0.496 e. The van der Waals surface area contributed by atoms with E-state index in [9.17, 15) is 4.21 Å². The van der Waals surface area contributed by atoms with Gasteiger partial charge in [0.25, 0.3) is 0 Å². The zero-order valence-electron chi connectivity index (χ0n) is 19.8. The van der Waals surface area contributed by atoms with Gasteiger partial charge in [0.05, 0.1) is 19.9 Å². The van der Waals surface area contributed by atoms with Crippen molar-refractivity contribution >= 4 is 16.5 Å². The molecule has 31 heavy (non-hydrogen) atoms. The van der Waals surface area contributed by atoms with Gasteiger partial charge in [0.2, 0.25) is 0 Å². The molecule has 0 spiro atoms. The van der Waals surface area contributed by atoms with E-state index in [1.807, 2.05) is 36.4 Å². The number of methoxy groups -OCH3 is 2. The zero-order chi connectivity index (χ0) is 23.5. The molecule has 170 valence electrons. The Kier molecular flexibility index (Phi) is 7.78. The largest absolute Gasteiger partial charge is 0.496 e. The number of hydrogen-bond donors (Lipinski definition) is 2. The van der Waals surface area contributed by atoms with Crippen molar-refractivity contribution in [3.8, 4) is 11.5 Å². The molecule has 0 radical (unpaired) electrons. The first kappa shape index (κ1) is 24.8. The van der Waals surface area contributed by atoms with E-state index in [1.54, 1.807) is 21.1 Å². The summed E-state index contributed by atoms with van der Waals surface area (Å²) in [7, 11) is 1.65. The minimum atomic E-state index is -1.55. The number of nitrogens with zero attached hydrogens (tertiary/aromatic N) is 1. The van der Waals surface area contributed by atoms with Crippen molar-refractivity contribution in [2.24, 2.45) is 11.6 Å². The molecule has 2 aromatic carbocycles. The summed E-state index contributed by atoms with van der Waals surface area (Å²) in [6.45, 7) is 12.3. The monoisotopic (exact) mass is 445 g/mol. The van der Waals surface area contributed by atoms with Crippen molar-refractivity contribution in [3.63, 3.8) is 0 Å². The number of benzene rings is 2. The summed E-state index contributed by atoms with van der Waals surface area (Å²) < 4.78 is 24.2. The molecule has 7 heteroatoms. The molecule has 4 N–H and O–H groups in total. The summed E-state index contributed by atoms with van der Waals surface area (Å²) >= 11 is 0. The average Bonchev–Trinajstić information content (AvgIpc) is 2.75. The normalized spacial score (nSPS) is 13.6. The van der Waals surface area contributed by atoms with Crippen molar-refractivity contribution in [2.45, 2.75) is 57.8 Å². The first-order chi connectivity index (χ1) is 14.4. The molecule has 1 unspecified atom stereocenters. The van der Waals surface area contributed by atoms with Gasteiger partial charge in [-0.3, -0.25) is 5.01 Å². The number of nitrogens with two attached hydrogens (primary N) is 2. The van der Waals surface area contributed by atoms with Crippen LogP contribution in [0.4, 0.5) is 5.69 Å². The van der Waals surface area contributed by atoms with Crippen LogP contribution in [0.3, 0.4) is 0 Å². The predicted molar refractivity (Wildman–Crippen MR) is 129 cm³/mol. The Morgan fingerprint density at radius 3 is 2.03 bits per heavy atom. The predicted octanol–water partition coefficient (Wildman–Crippen LogP) is 4.76. The third kappa shape index (κ3) is 5.40. The highest BCUT2D eigenvalue weighted by Gasteiger charge is 2.21. The number of ether oxygens (including phenoxy) is 2. The summed E-state index contributed by atoms with van der Waals surface area (Å²) in [5.74, 6) is 7.92. The Balaban J connectivity index is 2.44. The summed E-state index contributed by atoms with van der Waals surface area (Å²) in [4.78, 5) is 0.623. The van der Waals surface area contributed by atoms with Gasteiger partial charge in [0, 0.05) is 16.5 Å². The molecule has 0 aliphatic heterocycles. The van der Waals surface area contributed by atoms with Crippen LogP contribution in [0.5, 0.6) is 11.5 Å². The lowest BCUT2D eigenvalue weighted by atomic mass is 9.87. The lowest BCUT2D eigenvalue weighted by molar-refractivity contribution is 0.397. The first-order valence-corrected chi connectivity index (χ1v) is 11.4. The zero-order valence-corrected chi connectivity index (χ0v) is 20.6. The van der Waals surface area contributed by atoms with Crippen molar-refractivity contribution in [1.29, 1.82) is 0 Å². The van der Waals surface area contributed by atoms with Crippen molar-refractivity contribution < 1.29 is 13.7 Å². The van der Waals surface area contributed by atoms with E-state index >= 15 is 0 Å². The fraction of sp³-hybridized carbons (Fsp3) is 0.417. The van der Waals surface area contributed by atoms with Crippen LogP contribution < -0.4 is 26.1 Å². The third-order valence-electron chi connectivity index (χ3n) is 5.26. The van der Waals surface area contributed by atoms with Gasteiger partial charge in [-0.05, 0) is 42.0 Å². The van der Waals surface area contributed by atoms with Crippen molar-refractivity contribution in [3.05, 3.63) is 58.3 Å². The van der Waals surface area contributed by atoms with E-state index in [-0.39, 0.29) is 16.4 Å². The second-order valence-corrected chi connectivity index (χ2v) is 10.2. The molecule has 0 aromatic heterocycles. The van der Waals surface area contributed by atoms with Crippen LogP contribution in [0, 0.1) is 0 Å². The summed E-state index contributed by atoms with van der Waals surface area (Å²) in [5.41, 5.74) is 9.51. The van der Waals surface area contributed by atoms with Crippen molar-refractivity contribution in [2.75, 3.05) is 19.2 Å². The van der Waals surface area contributed by atoms with Gasteiger partial charge < -0.3 is 15.2 Å². The van der Waals surface area contributed by atoms with E-state index in [2.05, 4.69) is 34.6 Å². The highest BCUT2D eigenvalue weighted by Crippen LogP contribution is 2.39. The Bertz CT molecular complexity index is 977. The fourth-order valence-electron chi connectivity index (χ4n) is 3.18. The maximum Gasteiger partial charge on any atom is 0.144 e. The van der Waals surface area contributed by atoms with Crippen LogP contribution in [0.15, 0.2) is 52.0 Å². The summed E-state index contributed by atoms with van der Waals surface area (Å²) in [5, 5.41) is 1.57. The minimum absolute atomic E-state index is 0.0170. The Labute approximate surface area is 188 Å². The number of hydrogen-bond acceptors (Lipinski definition) is 6. The molecule has 1 atom stereocenters. The molecule has 0 aliphatic carbocycles. The molecule has 0 bridgehead atoms. The summed E-state index contributed by atoms with van der Waals surface area (Å²) in [6.07, 6.45) is 0. The van der Waals surface area contributed by atoms with Gasteiger partial charge >= 0.3 is 0 Å². The SMILES string of the molecule is COc1cc(N(N)/C(C)=C(\N)S(=O)c2ccc(C(C)(C)C)cc2)c(OC)cc1C(C)C. The lowest BCUT2D eigenvalue weighted by Gasteiger charge is -2.25. The number of allylic oxidation sites excluding steroid dienone is 1. The molecule has 6 nitrogen and oxygen atoms in total. The van der Waals surface area contributed by atoms with E-state index < -0.39 is 10.8 Å². The van der Waals surface area contributed by atoms with Gasteiger partial charge in [0.1, 0.15) is 33.0 Å². The smallest absolute Gasteiger partial charge is 0.144 e. The number of rotatable bonds is 7. The van der Waals surface area contributed by atoms with Gasteiger partial charge in [-0.2, -0.15) is 0 Å². The first-order valence-electron chi connectivity index (χ1n) is 10.2. The highest BCUT2D eigenvalue weighted by molar-refractivity contribution is 7.89. The molecule has 2 aromatic rings. The molecule has 0 fully saturated rings. The molecule has 0 saturated heterocycles. The topological polar surface area (TPSA) is 90.8 Å². The molecule has 0 aliphatic rings. The van der Waals surface area contributed by atoms with Crippen LogP contribution in [-0.4, -0.2) is 18.4 Å². The van der Waals surface area contributed by atoms with E-state index in [0.29, 0.717) is 27.8 Å². The Morgan fingerprint density at radius 2 is 1.58 bits per heavy atom. The van der Waals surface area contributed by atoms with Crippen LogP contribution >= 0.6 is 0 Å². The van der Waals surface area contributed by atoms with E-state index in [1.165, 1.54) is 5.01 Å². The Hall–Kier alpha value is -2.51. The average molecular weight is 446 g/mol. The van der Waals surface area contributed by atoms with Gasteiger partial charge in [-0.25, -0.2) is 10.1 Å². The molecule has 0 heterocycles. The van der Waals surface area contributed by atoms with Crippen LogP contribution in [0.2, 0.25) is 0 Å². The third-order valence-corrected chi connectivity index (χ3v) is 6.66. The molecule has 0 saturated carbocycles. The quantitative estimate of drug-likeness (QED) is 0.472. The van der Waals surface area contributed by atoms with Gasteiger partial charge in [0.15, 0.2) is 0 Å². The second-order valence-electron chi connectivity index (χ2n) is 8.78. The molecule has 0 amide bonds. The molecule has 2 rings (SSSR count). The highest BCUT2D eigenvalue weighted by atomic mass is 32.2. The van der Waals surface area contributed by atoms with Crippen LogP contribution in [0.1, 0.15) is 58.6 Å². The number of hydrazine groups is 1. The lowest BCUT2D eigenvalue weighted by Crippen LogP contribution is -2.32. The summed E-state index contributed by atoms with van der Waals surface area (Å²) in [6, 6.07) is 11.4. The van der Waals surface area contributed by atoms with E-state index in [0.717, 1.165) is 11.1 Å². The van der Waals surface area contributed by atoms with Crippen LogP contribution in [-0.2, 0) is 16.2 Å². The standard InChI is InChI=1S/C24H35N3O3S/c1-15(2)19-13-22(30-8)20(14-21(19)29-7)27(26)16(3)23(25)31(28)18-11-9-17(10-12-18)24(4,5)6/h9-15H,25-26H2,1-8H3/b23-16+. The maximum absolute atomic E-state index is 13.1. The molecular formula is C24H35N3O3S. The number of anilines is 1. The maximum atomic E-state index is 13.1. The Morgan fingerprint density at radius 1 is 1.03 bits per heavy atom. The van der Waals surface area contributed by atoms with Gasteiger partial charge in [-0.1, -0.05) is 46.8 Å². The van der Waals surface area contributed by atoms with E-state index in [4.69, 9.17) is 21.1 Å². The fourth-order valence-corrected chi connectivity index (χ4v) is 4.19. The molecular weight excluding hydrogens is 410 g/mol. The second kappa shape index (κ2) is 9.75. The van der Waals surface area contributed by atoms with Crippen LogP contribution in [0.25, 0.3) is 0 Å².